The minimum absolute atomic E-state index is 0.488. The molecule has 0 aromatic rings. The maximum absolute atomic E-state index is 4.97. The van der Waals surface area contributed by atoms with Crippen molar-refractivity contribution in [1.29, 1.82) is 0 Å². The molecule has 5 heterocycles. The molecular weight excluding hydrogens is 296 g/mol. The number of hydrogen-bond acceptors (Lipinski definition) is 4. The highest BCUT2D eigenvalue weighted by Crippen LogP contribution is 2.28. The lowest BCUT2D eigenvalue weighted by molar-refractivity contribution is 0.494. The molecule has 4 heteroatoms. The molecule has 0 amide bonds. The van der Waals surface area contributed by atoms with Crippen LogP contribution in [0.4, 0.5) is 0 Å². The average molecular weight is 320 g/mol. The van der Waals surface area contributed by atoms with E-state index in [0.29, 0.717) is 12.1 Å². The Morgan fingerprint density at radius 2 is 1.50 bits per heavy atom. The Hall–Kier alpha value is -1.97. The zero-order chi connectivity index (χ0) is 15.9. The van der Waals surface area contributed by atoms with Gasteiger partial charge in [-0.1, -0.05) is 0 Å². The molecule has 5 rings (SSSR count). The van der Waals surface area contributed by atoms with E-state index in [1.807, 2.05) is 0 Å². The van der Waals surface area contributed by atoms with Crippen molar-refractivity contribution in [3.05, 3.63) is 35.3 Å². The van der Waals surface area contributed by atoms with E-state index in [1.165, 1.54) is 47.1 Å². The van der Waals surface area contributed by atoms with Gasteiger partial charge in [0.05, 0.1) is 6.04 Å². The lowest BCUT2D eigenvalue weighted by atomic mass is 10.0. The molecule has 0 spiro atoms. The van der Waals surface area contributed by atoms with E-state index in [-0.39, 0.29) is 0 Å². The lowest BCUT2D eigenvalue weighted by Crippen LogP contribution is -2.24. The van der Waals surface area contributed by atoms with E-state index in [1.54, 1.807) is 0 Å². The summed E-state index contributed by atoms with van der Waals surface area (Å²) in [5.41, 5.74) is 7.45. The zero-order valence-electron chi connectivity index (χ0n) is 14.1. The van der Waals surface area contributed by atoms with E-state index >= 15 is 0 Å². The molecule has 5 aliphatic heterocycles. The largest absolute Gasteiger partial charge is 0.385 e. The molecule has 124 valence electrons. The van der Waals surface area contributed by atoms with Crippen LogP contribution >= 0.6 is 0 Å². The second kappa shape index (κ2) is 5.83. The van der Waals surface area contributed by atoms with Gasteiger partial charge >= 0.3 is 0 Å². The number of nitrogens with one attached hydrogen (secondary N) is 1. The first-order valence-electron chi connectivity index (χ1n) is 9.40. The summed E-state index contributed by atoms with van der Waals surface area (Å²) < 4.78 is 0. The monoisotopic (exact) mass is 320 g/mol. The first-order chi connectivity index (χ1) is 11.8. The van der Waals surface area contributed by atoms with Crippen molar-refractivity contribution < 1.29 is 0 Å². The van der Waals surface area contributed by atoms with Gasteiger partial charge in [-0.15, -0.1) is 0 Å². The molecule has 1 N–H and O–H groups in total. The molecule has 1 saturated heterocycles. The highest BCUT2D eigenvalue weighted by atomic mass is 15.0. The zero-order valence-corrected chi connectivity index (χ0v) is 14.1. The van der Waals surface area contributed by atoms with Crippen molar-refractivity contribution in [2.45, 2.75) is 69.9 Å². The molecule has 2 unspecified atom stereocenters. The second-order valence-electron chi connectivity index (χ2n) is 7.58. The third kappa shape index (κ3) is 2.90. The normalized spacial score (nSPS) is 38.2. The molecule has 2 atom stereocenters. The summed E-state index contributed by atoms with van der Waals surface area (Å²) in [6.07, 6.45) is 16.8. The predicted molar refractivity (Wildman–Crippen MR) is 98.8 cm³/mol. The standard InChI is InChI=1S/C20H24N4/c1-2-14-10-16-5-6-18(23-16)12-20-8-7-19(24-20)11-17-4-3-15(22-17)9-13(1)21-14/h9-11,18,20,23H,1-8,12H2/b13-9-,16-10-,17-11-. The summed E-state index contributed by atoms with van der Waals surface area (Å²) in [5, 5.41) is 3.72. The van der Waals surface area contributed by atoms with Crippen molar-refractivity contribution in [1.82, 2.24) is 5.32 Å². The van der Waals surface area contributed by atoms with Gasteiger partial charge in [0, 0.05) is 40.3 Å². The summed E-state index contributed by atoms with van der Waals surface area (Å²) in [5.74, 6) is 0. The summed E-state index contributed by atoms with van der Waals surface area (Å²) in [7, 11) is 0. The number of fused-ring (bicyclic) bond motifs is 5. The van der Waals surface area contributed by atoms with E-state index in [9.17, 15) is 0 Å². The van der Waals surface area contributed by atoms with E-state index in [0.717, 1.165) is 44.9 Å². The molecule has 8 bridgehead atoms. The number of rotatable bonds is 0. The predicted octanol–water partition coefficient (Wildman–Crippen LogP) is 3.87. The SMILES string of the molecule is C1=C2/CCC(=N2)/C=C2/CCC(CC3CCC(=N3)/C=C3/CCC/1=N3)N2. The van der Waals surface area contributed by atoms with Crippen LogP contribution in [0.5, 0.6) is 0 Å². The Bertz CT molecular complexity index is 748. The third-order valence-corrected chi connectivity index (χ3v) is 5.65. The van der Waals surface area contributed by atoms with E-state index in [2.05, 4.69) is 23.5 Å². The van der Waals surface area contributed by atoms with Crippen molar-refractivity contribution in [2.75, 3.05) is 0 Å². The Morgan fingerprint density at radius 1 is 0.750 bits per heavy atom. The minimum Gasteiger partial charge on any atom is -0.385 e. The van der Waals surface area contributed by atoms with Crippen molar-refractivity contribution in [3.63, 3.8) is 0 Å². The summed E-state index contributed by atoms with van der Waals surface area (Å²) in [6, 6.07) is 1.07. The lowest BCUT2D eigenvalue weighted by Gasteiger charge is -2.14. The minimum atomic E-state index is 0.488. The van der Waals surface area contributed by atoms with Gasteiger partial charge in [0.2, 0.25) is 0 Å². The maximum atomic E-state index is 4.97. The van der Waals surface area contributed by atoms with Crippen LogP contribution in [0, 0.1) is 0 Å². The molecule has 24 heavy (non-hydrogen) atoms. The molecular formula is C20H24N4. The first kappa shape index (κ1) is 14.4. The van der Waals surface area contributed by atoms with Gasteiger partial charge in [0.1, 0.15) is 0 Å². The van der Waals surface area contributed by atoms with Crippen LogP contribution in [0.2, 0.25) is 0 Å². The van der Waals surface area contributed by atoms with Crippen molar-refractivity contribution >= 4 is 17.1 Å². The Balaban J connectivity index is 1.50. The van der Waals surface area contributed by atoms with Gasteiger partial charge in [-0.2, -0.15) is 0 Å². The fourth-order valence-electron chi connectivity index (χ4n) is 4.42. The molecule has 5 aliphatic rings. The topological polar surface area (TPSA) is 49.1 Å². The fraction of sp³-hybridized carbons (Fsp3) is 0.550. The molecule has 0 aromatic carbocycles. The average Bonchev–Trinajstić information content (AvgIpc) is 3.32. The Morgan fingerprint density at radius 3 is 2.33 bits per heavy atom. The molecule has 0 radical (unpaired) electrons. The number of nitrogens with zero attached hydrogens (tertiary/aromatic N) is 3. The van der Waals surface area contributed by atoms with Gasteiger partial charge < -0.3 is 5.32 Å². The summed E-state index contributed by atoms with van der Waals surface area (Å²) in [6.45, 7) is 0. The van der Waals surface area contributed by atoms with Gasteiger partial charge in [-0.25, -0.2) is 0 Å². The van der Waals surface area contributed by atoms with Gasteiger partial charge in [0.25, 0.3) is 0 Å². The van der Waals surface area contributed by atoms with Crippen LogP contribution in [0.3, 0.4) is 0 Å². The Kier molecular flexibility index (Phi) is 3.50. The van der Waals surface area contributed by atoms with E-state index < -0.39 is 0 Å². The Labute approximate surface area is 143 Å². The number of allylic oxidation sites excluding steroid dienone is 6. The van der Waals surface area contributed by atoms with Gasteiger partial charge in [-0.05, 0) is 76.0 Å². The van der Waals surface area contributed by atoms with Crippen molar-refractivity contribution in [3.8, 4) is 0 Å². The first-order valence-corrected chi connectivity index (χ1v) is 9.40. The summed E-state index contributed by atoms with van der Waals surface area (Å²) >= 11 is 0. The number of hydrogen-bond donors (Lipinski definition) is 1. The molecule has 1 fully saturated rings. The quantitative estimate of drug-likeness (QED) is 0.724. The number of aliphatic imine (C=N–C) groups is 3. The van der Waals surface area contributed by atoms with E-state index in [4.69, 9.17) is 15.0 Å². The summed E-state index contributed by atoms with van der Waals surface area (Å²) in [4.78, 5) is 14.6. The van der Waals surface area contributed by atoms with Crippen LogP contribution in [-0.2, 0) is 0 Å². The smallest absolute Gasteiger partial charge is 0.0526 e. The van der Waals surface area contributed by atoms with Gasteiger partial charge in [0.15, 0.2) is 0 Å². The highest BCUT2D eigenvalue weighted by Gasteiger charge is 2.26. The second-order valence-corrected chi connectivity index (χ2v) is 7.58. The van der Waals surface area contributed by atoms with Crippen LogP contribution in [0.1, 0.15) is 57.8 Å². The molecule has 4 nitrogen and oxygen atoms in total. The maximum Gasteiger partial charge on any atom is 0.0526 e. The molecule has 0 saturated carbocycles. The fourth-order valence-corrected chi connectivity index (χ4v) is 4.42. The van der Waals surface area contributed by atoms with Gasteiger partial charge in [-0.3, -0.25) is 15.0 Å². The van der Waals surface area contributed by atoms with Crippen molar-refractivity contribution in [2.24, 2.45) is 15.0 Å². The molecule has 0 aliphatic carbocycles. The third-order valence-electron chi connectivity index (χ3n) is 5.65. The van der Waals surface area contributed by atoms with Crippen LogP contribution < -0.4 is 5.32 Å². The van der Waals surface area contributed by atoms with Crippen LogP contribution in [-0.4, -0.2) is 29.2 Å². The molecule has 0 aromatic heterocycles. The highest BCUT2D eigenvalue weighted by molar-refractivity contribution is 6.02. The van der Waals surface area contributed by atoms with Crippen LogP contribution in [0.25, 0.3) is 0 Å². The van der Waals surface area contributed by atoms with Crippen LogP contribution in [0.15, 0.2) is 50.3 Å².